The van der Waals surface area contributed by atoms with Crippen molar-refractivity contribution in [2.75, 3.05) is 0 Å². The minimum Gasteiger partial charge on any atom is -0.478 e. The van der Waals surface area contributed by atoms with E-state index in [-0.39, 0.29) is 11.6 Å². The van der Waals surface area contributed by atoms with Crippen LogP contribution in [0.15, 0.2) is 35.7 Å². The molecule has 2 N–H and O–H groups in total. The molecular weight excluding hydrogens is 265 g/mol. The first-order valence-corrected chi connectivity index (χ1v) is 6.74. The van der Waals surface area contributed by atoms with Gasteiger partial charge in [-0.1, -0.05) is 12.1 Å². The number of benzene rings is 1. The van der Waals surface area contributed by atoms with Crippen molar-refractivity contribution in [3.63, 3.8) is 0 Å². The van der Waals surface area contributed by atoms with E-state index in [4.69, 9.17) is 5.11 Å². The lowest BCUT2D eigenvalue weighted by Crippen LogP contribution is -2.17. The molecule has 0 aliphatic carbocycles. The highest BCUT2D eigenvalue weighted by Crippen LogP contribution is 2.19. The van der Waals surface area contributed by atoms with Crippen LogP contribution < -0.4 is 5.32 Å². The fourth-order valence-electron chi connectivity index (χ4n) is 1.75. The van der Waals surface area contributed by atoms with Gasteiger partial charge in [0, 0.05) is 17.5 Å². The monoisotopic (exact) mass is 279 g/mol. The first-order chi connectivity index (χ1) is 9.08. The molecule has 0 fully saturated rings. The predicted octanol–water partition coefficient (Wildman–Crippen LogP) is 3.44. The molecule has 1 atom stereocenters. The van der Waals surface area contributed by atoms with E-state index in [2.05, 4.69) is 5.32 Å². The number of rotatable bonds is 5. The lowest BCUT2D eigenvalue weighted by molar-refractivity contribution is 0.0692. The zero-order chi connectivity index (χ0) is 13.8. The molecule has 3 nitrogen and oxygen atoms in total. The van der Waals surface area contributed by atoms with Crippen molar-refractivity contribution in [2.45, 2.75) is 19.5 Å². The van der Waals surface area contributed by atoms with Gasteiger partial charge in [-0.3, -0.25) is 0 Å². The summed E-state index contributed by atoms with van der Waals surface area (Å²) in [4.78, 5) is 11.9. The minimum absolute atomic E-state index is 0.183. The molecule has 5 heteroatoms. The lowest BCUT2D eigenvalue weighted by atomic mass is 10.1. The number of thiophene rings is 1. The Morgan fingerprint density at radius 2 is 2.26 bits per heavy atom. The van der Waals surface area contributed by atoms with E-state index in [1.807, 2.05) is 24.4 Å². The Morgan fingerprint density at radius 3 is 2.84 bits per heavy atom. The number of aromatic carboxylic acids is 1. The van der Waals surface area contributed by atoms with Gasteiger partial charge < -0.3 is 10.4 Å². The van der Waals surface area contributed by atoms with E-state index in [0.717, 1.165) is 5.56 Å². The molecule has 0 saturated heterocycles. The van der Waals surface area contributed by atoms with Crippen LogP contribution in [-0.4, -0.2) is 11.1 Å². The standard InChI is InChI=1S/C14H14FNO2S/c1-9(13-3-2-6-19-13)16-8-10-4-5-11(14(17)18)12(15)7-10/h2-7,9,16H,8H2,1H3,(H,17,18)/t9-/m1/s1. The van der Waals surface area contributed by atoms with Crippen molar-refractivity contribution in [3.05, 3.63) is 57.5 Å². The average molecular weight is 279 g/mol. The average Bonchev–Trinajstić information content (AvgIpc) is 2.89. The first-order valence-electron chi connectivity index (χ1n) is 5.86. The second-order valence-electron chi connectivity index (χ2n) is 4.24. The molecule has 2 rings (SSSR count). The maximum Gasteiger partial charge on any atom is 0.338 e. The Kier molecular flexibility index (Phi) is 4.29. The van der Waals surface area contributed by atoms with Gasteiger partial charge in [0.05, 0.1) is 5.56 Å². The van der Waals surface area contributed by atoms with Crippen LogP contribution in [0.25, 0.3) is 0 Å². The van der Waals surface area contributed by atoms with Crippen molar-refractivity contribution in [1.82, 2.24) is 5.32 Å². The zero-order valence-electron chi connectivity index (χ0n) is 10.4. The molecule has 0 bridgehead atoms. The number of carboxylic acid groups (broad SMARTS) is 1. The predicted molar refractivity (Wildman–Crippen MR) is 72.9 cm³/mol. The molecule has 1 aromatic heterocycles. The topological polar surface area (TPSA) is 49.3 Å². The van der Waals surface area contributed by atoms with Crippen molar-refractivity contribution in [1.29, 1.82) is 0 Å². The van der Waals surface area contributed by atoms with Gasteiger partial charge >= 0.3 is 5.97 Å². The van der Waals surface area contributed by atoms with Crippen LogP contribution in [0.4, 0.5) is 4.39 Å². The van der Waals surface area contributed by atoms with E-state index >= 15 is 0 Å². The summed E-state index contributed by atoms with van der Waals surface area (Å²) in [6.07, 6.45) is 0. The second kappa shape index (κ2) is 5.95. The molecular formula is C14H14FNO2S. The fraction of sp³-hybridized carbons (Fsp3) is 0.214. The van der Waals surface area contributed by atoms with Gasteiger partial charge in [0.1, 0.15) is 5.82 Å². The van der Waals surface area contributed by atoms with Crippen LogP contribution in [0.3, 0.4) is 0 Å². The van der Waals surface area contributed by atoms with Crippen molar-refractivity contribution >= 4 is 17.3 Å². The number of hydrogen-bond acceptors (Lipinski definition) is 3. The van der Waals surface area contributed by atoms with Crippen LogP contribution in [-0.2, 0) is 6.54 Å². The molecule has 100 valence electrons. The number of hydrogen-bond donors (Lipinski definition) is 2. The summed E-state index contributed by atoms with van der Waals surface area (Å²) in [6, 6.07) is 8.39. The number of carbonyl (C=O) groups is 1. The number of carboxylic acids is 1. The van der Waals surface area contributed by atoms with Gasteiger partial charge in [-0.2, -0.15) is 0 Å². The lowest BCUT2D eigenvalue weighted by Gasteiger charge is -2.12. The normalized spacial score (nSPS) is 12.3. The summed E-state index contributed by atoms with van der Waals surface area (Å²) in [5.41, 5.74) is 0.431. The third kappa shape index (κ3) is 3.39. The Labute approximate surface area is 114 Å². The van der Waals surface area contributed by atoms with Crippen LogP contribution in [0.2, 0.25) is 0 Å². The quantitative estimate of drug-likeness (QED) is 0.881. The minimum atomic E-state index is -1.25. The largest absolute Gasteiger partial charge is 0.478 e. The third-order valence-electron chi connectivity index (χ3n) is 2.85. The van der Waals surface area contributed by atoms with Crippen LogP contribution >= 0.6 is 11.3 Å². The molecule has 0 radical (unpaired) electrons. The molecule has 1 aromatic carbocycles. The molecule has 0 spiro atoms. The van der Waals surface area contributed by atoms with Gasteiger partial charge in [-0.15, -0.1) is 11.3 Å². The molecule has 0 unspecified atom stereocenters. The maximum atomic E-state index is 13.5. The Bertz CT molecular complexity index is 569. The summed E-state index contributed by atoms with van der Waals surface area (Å²) in [6.45, 7) is 2.53. The molecule has 1 heterocycles. The van der Waals surface area contributed by atoms with Crippen molar-refractivity contribution in [2.24, 2.45) is 0 Å². The smallest absolute Gasteiger partial charge is 0.338 e. The molecule has 0 amide bonds. The van der Waals surface area contributed by atoms with Crippen LogP contribution in [0, 0.1) is 5.82 Å². The van der Waals surface area contributed by atoms with E-state index in [0.29, 0.717) is 6.54 Å². The van der Waals surface area contributed by atoms with Crippen LogP contribution in [0.5, 0.6) is 0 Å². The van der Waals surface area contributed by atoms with E-state index in [1.165, 1.54) is 17.0 Å². The summed E-state index contributed by atoms with van der Waals surface area (Å²) in [5.74, 6) is -1.94. The summed E-state index contributed by atoms with van der Waals surface area (Å²) in [5, 5.41) is 14.0. The summed E-state index contributed by atoms with van der Waals surface area (Å²) >= 11 is 1.66. The summed E-state index contributed by atoms with van der Waals surface area (Å²) < 4.78 is 13.5. The number of halogens is 1. The highest BCUT2D eigenvalue weighted by atomic mass is 32.1. The van der Waals surface area contributed by atoms with Gasteiger partial charge in [-0.05, 0) is 36.1 Å². The maximum absolute atomic E-state index is 13.5. The van der Waals surface area contributed by atoms with E-state index < -0.39 is 11.8 Å². The molecule has 0 aliphatic rings. The van der Waals surface area contributed by atoms with Crippen molar-refractivity contribution in [3.8, 4) is 0 Å². The summed E-state index contributed by atoms with van der Waals surface area (Å²) in [7, 11) is 0. The SMILES string of the molecule is C[C@@H](NCc1ccc(C(=O)O)c(F)c1)c1cccs1. The van der Waals surface area contributed by atoms with Crippen molar-refractivity contribution < 1.29 is 14.3 Å². The Balaban J connectivity index is 2.00. The number of nitrogens with one attached hydrogen (secondary N) is 1. The highest BCUT2D eigenvalue weighted by Gasteiger charge is 2.11. The molecule has 2 aromatic rings. The Morgan fingerprint density at radius 1 is 1.47 bits per heavy atom. The van der Waals surface area contributed by atoms with Gasteiger partial charge in [0.25, 0.3) is 0 Å². The molecule has 0 saturated carbocycles. The Hall–Kier alpha value is -1.72. The fourth-order valence-corrected chi connectivity index (χ4v) is 2.51. The van der Waals surface area contributed by atoms with E-state index in [1.54, 1.807) is 17.4 Å². The second-order valence-corrected chi connectivity index (χ2v) is 5.22. The van der Waals surface area contributed by atoms with Gasteiger partial charge in [0.2, 0.25) is 0 Å². The first kappa shape index (κ1) is 13.7. The molecule has 19 heavy (non-hydrogen) atoms. The van der Waals surface area contributed by atoms with Gasteiger partial charge in [-0.25, -0.2) is 9.18 Å². The third-order valence-corrected chi connectivity index (χ3v) is 3.90. The zero-order valence-corrected chi connectivity index (χ0v) is 11.2. The van der Waals surface area contributed by atoms with E-state index in [9.17, 15) is 9.18 Å². The van der Waals surface area contributed by atoms with Gasteiger partial charge in [0.15, 0.2) is 0 Å². The van der Waals surface area contributed by atoms with Crippen LogP contribution in [0.1, 0.15) is 33.8 Å². The molecule has 0 aliphatic heterocycles. The highest BCUT2D eigenvalue weighted by molar-refractivity contribution is 7.10.